The molecule has 0 aliphatic carbocycles. The number of hydrogen-bond acceptors (Lipinski definition) is 3. The molecule has 0 spiro atoms. The third-order valence-corrected chi connectivity index (χ3v) is 4.12. The van der Waals surface area contributed by atoms with E-state index in [0.717, 1.165) is 5.56 Å². The molecule has 1 heterocycles. The van der Waals surface area contributed by atoms with E-state index in [1.165, 1.54) is 18.2 Å². The molecular formula is C18H22FNO4. The molecule has 0 bridgehead atoms. The Kier molecular flexibility index (Phi) is 6.49. The number of halogens is 1. The molecule has 0 saturated carbocycles. The number of rotatable bonds is 6. The Labute approximate surface area is 140 Å². The van der Waals surface area contributed by atoms with Crippen molar-refractivity contribution >= 4 is 17.4 Å². The Balaban J connectivity index is 2.14. The highest BCUT2D eigenvalue weighted by atomic mass is 19.1. The number of carbonyl (C=O) groups excluding carboxylic acids is 1. The Hall–Kier alpha value is -2.21. The molecule has 1 aliphatic heterocycles. The quantitative estimate of drug-likeness (QED) is 0.812. The average molecular weight is 335 g/mol. The fourth-order valence-corrected chi connectivity index (χ4v) is 2.75. The van der Waals surface area contributed by atoms with E-state index in [2.05, 4.69) is 0 Å². The molecule has 2 rings (SSSR count). The van der Waals surface area contributed by atoms with Crippen LogP contribution in [0.5, 0.6) is 0 Å². The molecule has 130 valence electrons. The van der Waals surface area contributed by atoms with Crippen molar-refractivity contribution in [2.24, 2.45) is 0 Å². The van der Waals surface area contributed by atoms with Gasteiger partial charge in [0.05, 0.1) is 6.42 Å². The topological polar surface area (TPSA) is 66.8 Å². The predicted octanol–water partition coefficient (Wildman–Crippen LogP) is 2.71. The van der Waals surface area contributed by atoms with Crippen LogP contribution in [0.15, 0.2) is 30.3 Å². The minimum Gasteiger partial charge on any atom is -0.481 e. The first-order chi connectivity index (χ1) is 11.5. The predicted molar refractivity (Wildman–Crippen MR) is 87.9 cm³/mol. The number of carboxylic acid groups (broad SMARTS) is 1. The van der Waals surface area contributed by atoms with Gasteiger partial charge in [0.2, 0.25) is 5.91 Å². The lowest BCUT2D eigenvalue weighted by Gasteiger charge is -2.33. The smallest absolute Gasteiger partial charge is 0.305 e. The van der Waals surface area contributed by atoms with E-state index >= 15 is 0 Å². The zero-order valence-electron chi connectivity index (χ0n) is 13.7. The highest BCUT2D eigenvalue weighted by molar-refractivity contribution is 5.95. The van der Waals surface area contributed by atoms with E-state index in [4.69, 9.17) is 9.84 Å². The van der Waals surface area contributed by atoms with Crippen molar-refractivity contribution < 1.29 is 23.8 Å². The van der Waals surface area contributed by atoms with Crippen molar-refractivity contribution in [2.75, 3.05) is 19.8 Å². The number of aliphatic carboxylic acids is 1. The summed E-state index contributed by atoms with van der Waals surface area (Å²) in [7, 11) is 0. The summed E-state index contributed by atoms with van der Waals surface area (Å²) in [5.41, 5.74) is 1.47. The number of allylic oxidation sites excluding steroid dienone is 1. The van der Waals surface area contributed by atoms with Gasteiger partial charge in [0.15, 0.2) is 0 Å². The number of ether oxygens (including phenoxy) is 1. The SMILES string of the molecule is CC(=CC(=O)N(CCC(=O)O)C1CCOCC1)c1ccc(F)cc1. The van der Waals surface area contributed by atoms with E-state index in [1.54, 1.807) is 24.0 Å². The molecule has 1 N–H and O–H groups in total. The summed E-state index contributed by atoms with van der Waals surface area (Å²) in [5.74, 6) is -1.48. The van der Waals surface area contributed by atoms with E-state index in [1.807, 2.05) is 0 Å². The molecule has 6 heteroatoms. The van der Waals surface area contributed by atoms with Gasteiger partial charge in [-0.3, -0.25) is 9.59 Å². The minimum absolute atomic E-state index is 0.0112. The first kappa shape index (κ1) is 18.1. The third-order valence-electron chi connectivity index (χ3n) is 4.12. The molecular weight excluding hydrogens is 313 g/mol. The van der Waals surface area contributed by atoms with Gasteiger partial charge in [0.1, 0.15) is 5.82 Å². The van der Waals surface area contributed by atoms with E-state index < -0.39 is 5.97 Å². The van der Waals surface area contributed by atoms with Gasteiger partial charge >= 0.3 is 5.97 Å². The monoisotopic (exact) mass is 335 g/mol. The highest BCUT2D eigenvalue weighted by Crippen LogP contribution is 2.19. The first-order valence-electron chi connectivity index (χ1n) is 8.01. The second kappa shape index (κ2) is 8.59. The lowest BCUT2D eigenvalue weighted by Crippen LogP contribution is -2.43. The van der Waals surface area contributed by atoms with Gasteiger partial charge in [-0.25, -0.2) is 4.39 Å². The van der Waals surface area contributed by atoms with Gasteiger partial charge in [-0.1, -0.05) is 12.1 Å². The second-order valence-corrected chi connectivity index (χ2v) is 5.85. The molecule has 1 aliphatic rings. The van der Waals surface area contributed by atoms with Crippen LogP contribution in [0, 0.1) is 5.82 Å². The number of benzene rings is 1. The first-order valence-corrected chi connectivity index (χ1v) is 8.01. The average Bonchev–Trinajstić information content (AvgIpc) is 2.56. The molecule has 24 heavy (non-hydrogen) atoms. The van der Waals surface area contributed by atoms with Crippen molar-refractivity contribution in [3.8, 4) is 0 Å². The third kappa shape index (κ3) is 5.16. The van der Waals surface area contributed by atoms with Gasteiger partial charge in [-0.2, -0.15) is 0 Å². The second-order valence-electron chi connectivity index (χ2n) is 5.85. The van der Waals surface area contributed by atoms with Crippen LogP contribution in [0.2, 0.25) is 0 Å². The van der Waals surface area contributed by atoms with Crippen LogP contribution in [0.3, 0.4) is 0 Å². The van der Waals surface area contributed by atoms with Crippen molar-refractivity contribution in [1.82, 2.24) is 4.90 Å². The summed E-state index contributed by atoms with van der Waals surface area (Å²) >= 11 is 0. The maximum atomic E-state index is 13.0. The largest absolute Gasteiger partial charge is 0.481 e. The summed E-state index contributed by atoms with van der Waals surface area (Å²) in [6.07, 6.45) is 2.81. The molecule has 1 fully saturated rings. The molecule has 1 aromatic carbocycles. The summed E-state index contributed by atoms with van der Waals surface area (Å²) in [4.78, 5) is 25.1. The van der Waals surface area contributed by atoms with Crippen molar-refractivity contribution in [1.29, 1.82) is 0 Å². The van der Waals surface area contributed by atoms with Crippen LogP contribution < -0.4 is 0 Å². The van der Waals surface area contributed by atoms with Crippen LogP contribution >= 0.6 is 0 Å². The Morgan fingerprint density at radius 1 is 1.29 bits per heavy atom. The fourth-order valence-electron chi connectivity index (χ4n) is 2.75. The Morgan fingerprint density at radius 2 is 1.92 bits per heavy atom. The number of carboxylic acids is 1. The van der Waals surface area contributed by atoms with Crippen LogP contribution in [-0.2, 0) is 14.3 Å². The lowest BCUT2D eigenvalue weighted by atomic mass is 10.0. The summed E-state index contributed by atoms with van der Waals surface area (Å²) in [6.45, 7) is 3.10. The summed E-state index contributed by atoms with van der Waals surface area (Å²) < 4.78 is 18.3. The Morgan fingerprint density at radius 3 is 2.50 bits per heavy atom. The summed E-state index contributed by atoms with van der Waals surface area (Å²) in [6, 6.07) is 5.91. The minimum atomic E-state index is -0.931. The van der Waals surface area contributed by atoms with Crippen LogP contribution in [0.25, 0.3) is 5.57 Å². The summed E-state index contributed by atoms with van der Waals surface area (Å²) in [5, 5.41) is 8.91. The van der Waals surface area contributed by atoms with Gasteiger partial charge in [0.25, 0.3) is 0 Å². The lowest BCUT2D eigenvalue weighted by molar-refractivity contribution is -0.138. The van der Waals surface area contributed by atoms with E-state index in [0.29, 0.717) is 31.6 Å². The Bertz CT molecular complexity index is 606. The zero-order chi connectivity index (χ0) is 17.5. The molecule has 1 aromatic rings. The molecule has 0 radical (unpaired) electrons. The maximum absolute atomic E-state index is 13.0. The number of carbonyl (C=O) groups is 2. The van der Waals surface area contributed by atoms with E-state index in [-0.39, 0.29) is 30.7 Å². The van der Waals surface area contributed by atoms with Crippen LogP contribution in [-0.4, -0.2) is 47.7 Å². The van der Waals surface area contributed by atoms with Gasteiger partial charge < -0.3 is 14.7 Å². The number of amides is 1. The number of nitrogens with zero attached hydrogens (tertiary/aromatic N) is 1. The maximum Gasteiger partial charge on any atom is 0.305 e. The van der Waals surface area contributed by atoms with Gasteiger partial charge in [0, 0.05) is 31.9 Å². The number of hydrogen-bond donors (Lipinski definition) is 1. The molecule has 1 saturated heterocycles. The van der Waals surface area contributed by atoms with Crippen molar-refractivity contribution in [3.63, 3.8) is 0 Å². The van der Waals surface area contributed by atoms with Crippen molar-refractivity contribution in [3.05, 3.63) is 41.7 Å². The highest BCUT2D eigenvalue weighted by Gasteiger charge is 2.25. The standard InChI is InChI=1S/C18H22FNO4/c1-13(14-2-4-15(19)5-3-14)12-17(21)20(9-6-18(22)23)16-7-10-24-11-8-16/h2-5,12,16H,6-11H2,1H3,(H,22,23). The van der Waals surface area contributed by atoms with E-state index in [9.17, 15) is 14.0 Å². The molecule has 0 aromatic heterocycles. The molecule has 1 amide bonds. The normalized spacial score (nSPS) is 16.0. The van der Waals surface area contributed by atoms with Crippen LogP contribution in [0.4, 0.5) is 4.39 Å². The fraction of sp³-hybridized carbons (Fsp3) is 0.444. The molecule has 0 unspecified atom stereocenters. The van der Waals surface area contributed by atoms with Crippen molar-refractivity contribution in [2.45, 2.75) is 32.2 Å². The zero-order valence-corrected chi connectivity index (χ0v) is 13.7. The van der Waals surface area contributed by atoms with Gasteiger partial charge in [-0.05, 0) is 43.0 Å². The van der Waals surface area contributed by atoms with Crippen LogP contribution in [0.1, 0.15) is 31.7 Å². The van der Waals surface area contributed by atoms with Gasteiger partial charge in [-0.15, -0.1) is 0 Å². The molecule has 5 nitrogen and oxygen atoms in total. The molecule has 0 atom stereocenters.